The van der Waals surface area contributed by atoms with E-state index in [9.17, 15) is 4.79 Å². The number of carbonyl (C=O) groups excluding carboxylic acids is 1. The summed E-state index contributed by atoms with van der Waals surface area (Å²) >= 11 is 0. The van der Waals surface area contributed by atoms with Crippen LogP contribution in [-0.2, 0) is 11.3 Å². The summed E-state index contributed by atoms with van der Waals surface area (Å²) in [6.07, 6.45) is 2.98. The molecule has 17 heavy (non-hydrogen) atoms. The van der Waals surface area contributed by atoms with Crippen LogP contribution >= 0.6 is 0 Å². The average Bonchev–Trinajstić information content (AvgIpc) is 2.69. The lowest BCUT2D eigenvalue weighted by molar-refractivity contribution is -0.109. The third-order valence-electron chi connectivity index (χ3n) is 3.39. The monoisotopic (exact) mass is 229 g/mol. The number of hydrogen-bond acceptors (Lipinski definition) is 2. The Morgan fingerprint density at radius 3 is 2.88 bits per heavy atom. The Hall–Kier alpha value is -1.61. The fraction of sp³-hybridized carbons (Fsp3) is 0.357. The minimum atomic E-state index is 0.239. The molecule has 1 fully saturated rings. The molecule has 1 aliphatic rings. The number of rotatable bonds is 3. The average molecular weight is 229 g/mol. The third-order valence-corrected chi connectivity index (χ3v) is 3.39. The maximum atomic E-state index is 10.8. The number of aldehydes is 1. The predicted octanol–water partition coefficient (Wildman–Crippen LogP) is 2.49. The minimum absolute atomic E-state index is 0.239. The third kappa shape index (κ3) is 1.76. The summed E-state index contributed by atoms with van der Waals surface area (Å²) in [5.41, 5.74) is 2.10. The fourth-order valence-electron chi connectivity index (χ4n) is 2.37. The number of aromatic nitrogens is 1. The molecule has 0 unspecified atom stereocenters. The normalized spacial score (nSPS) is 17.9. The van der Waals surface area contributed by atoms with Gasteiger partial charge in [0, 0.05) is 29.2 Å². The van der Waals surface area contributed by atoms with Gasteiger partial charge in [0.05, 0.1) is 13.2 Å². The molecule has 2 aromatic rings. The Balaban J connectivity index is 2.01. The molecule has 3 rings (SSSR count). The summed E-state index contributed by atoms with van der Waals surface area (Å²) in [6, 6.07) is 7.89. The summed E-state index contributed by atoms with van der Waals surface area (Å²) in [4.78, 5) is 10.8. The summed E-state index contributed by atoms with van der Waals surface area (Å²) in [5, 5.41) is 1.18. The van der Waals surface area contributed by atoms with Gasteiger partial charge in [-0.05, 0) is 17.5 Å². The Labute approximate surface area is 100.0 Å². The maximum Gasteiger partial charge on any atom is 0.150 e. The lowest BCUT2D eigenvalue weighted by Gasteiger charge is -2.38. The fourth-order valence-corrected chi connectivity index (χ4v) is 2.37. The van der Waals surface area contributed by atoms with Gasteiger partial charge in [-0.2, -0.15) is 0 Å². The number of ether oxygens (including phenoxy) is 1. The van der Waals surface area contributed by atoms with E-state index in [4.69, 9.17) is 4.74 Å². The summed E-state index contributed by atoms with van der Waals surface area (Å²) in [5.74, 6) is 0. The second-order valence-electron chi connectivity index (χ2n) is 5.18. The topological polar surface area (TPSA) is 31.2 Å². The van der Waals surface area contributed by atoms with Gasteiger partial charge in [-0.3, -0.25) is 4.79 Å². The van der Waals surface area contributed by atoms with Crippen molar-refractivity contribution in [2.45, 2.75) is 13.5 Å². The van der Waals surface area contributed by atoms with Crippen LogP contribution in [0.3, 0.4) is 0 Å². The molecule has 0 saturated carbocycles. The van der Waals surface area contributed by atoms with E-state index in [1.165, 1.54) is 5.39 Å². The van der Waals surface area contributed by atoms with Crippen LogP contribution in [0.5, 0.6) is 0 Å². The molecule has 1 aliphatic heterocycles. The zero-order valence-electron chi connectivity index (χ0n) is 9.85. The van der Waals surface area contributed by atoms with Gasteiger partial charge in [0.2, 0.25) is 0 Å². The van der Waals surface area contributed by atoms with Gasteiger partial charge in [-0.25, -0.2) is 0 Å². The first-order valence-corrected chi connectivity index (χ1v) is 5.82. The second-order valence-corrected chi connectivity index (χ2v) is 5.18. The van der Waals surface area contributed by atoms with E-state index in [1.807, 2.05) is 18.2 Å². The molecule has 0 spiro atoms. The Kier molecular flexibility index (Phi) is 2.30. The van der Waals surface area contributed by atoms with Crippen molar-refractivity contribution in [1.29, 1.82) is 0 Å². The minimum Gasteiger partial charge on any atom is -0.380 e. The van der Waals surface area contributed by atoms with Crippen LogP contribution in [0.15, 0.2) is 30.5 Å². The Morgan fingerprint density at radius 1 is 1.41 bits per heavy atom. The first kappa shape index (κ1) is 10.5. The van der Waals surface area contributed by atoms with Gasteiger partial charge in [0.15, 0.2) is 0 Å². The highest BCUT2D eigenvalue weighted by atomic mass is 16.5. The van der Waals surface area contributed by atoms with Crippen LogP contribution < -0.4 is 0 Å². The van der Waals surface area contributed by atoms with Crippen molar-refractivity contribution in [3.8, 4) is 0 Å². The van der Waals surface area contributed by atoms with Crippen molar-refractivity contribution >= 4 is 17.2 Å². The lowest BCUT2D eigenvalue weighted by Crippen LogP contribution is -2.42. The van der Waals surface area contributed by atoms with Crippen molar-refractivity contribution in [1.82, 2.24) is 4.57 Å². The van der Waals surface area contributed by atoms with Crippen LogP contribution in [-0.4, -0.2) is 24.1 Å². The molecule has 0 amide bonds. The number of hydrogen-bond donors (Lipinski definition) is 0. The van der Waals surface area contributed by atoms with E-state index >= 15 is 0 Å². The number of benzene rings is 1. The van der Waals surface area contributed by atoms with Gasteiger partial charge in [0.25, 0.3) is 0 Å². The standard InChI is InChI=1S/C14H15NO2/c1-14(9-17-10-14)8-15-5-4-12-3-2-11(7-16)6-13(12)15/h2-7H,8-10H2,1H3. The van der Waals surface area contributed by atoms with E-state index in [1.54, 1.807) is 0 Å². The molecule has 1 aromatic carbocycles. The molecule has 1 saturated heterocycles. The van der Waals surface area contributed by atoms with Crippen molar-refractivity contribution in [2.75, 3.05) is 13.2 Å². The molecule has 2 heterocycles. The first-order valence-electron chi connectivity index (χ1n) is 5.82. The molecule has 1 aromatic heterocycles. The van der Waals surface area contributed by atoms with Crippen molar-refractivity contribution in [3.05, 3.63) is 36.0 Å². The quantitative estimate of drug-likeness (QED) is 0.757. The number of fused-ring (bicyclic) bond motifs is 1. The van der Waals surface area contributed by atoms with Crippen molar-refractivity contribution in [3.63, 3.8) is 0 Å². The molecule has 3 nitrogen and oxygen atoms in total. The highest BCUT2D eigenvalue weighted by Gasteiger charge is 2.33. The van der Waals surface area contributed by atoms with E-state index in [0.717, 1.165) is 37.1 Å². The molecule has 0 radical (unpaired) electrons. The van der Waals surface area contributed by atoms with Gasteiger partial charge < -0.3 is 9.30 Å². The van der Waals surface area contributed by atoms with E-state index in [2.05, 4.69) is 23.8 Å². The Bertz CT molecular complexity index is 567. The van der Waals surface area contributed by atoms with Gasteiger partial charge in [0.1, 0.15) is 6.29 Å². The SMILES string of the molecule is CC1(Cn2ccc3ccc(C=O)cc32)COC1. The van der Waals surface area contributed by atoms with Crippen LogP contribution in [0.4, 0.5) is 0 Å². The Morgan fingerprint density at radius 2 is 2.24 bits per heavy atom. The van der Waals surface area contributed by atoms with Gasteiger partial charge in [-0.1, -0.05) is 19.1 Å². The van der Waals surface area contributed by atoms with Crippen molar-refractivity contribution in [2.24, 2.45) is 5.41 Å². The highest BCUT2D eigenvalue weighted by molar-refractivity contribution is 5.87. The molecule has 0 atom stereocenters. The number of nitrogens with zero attached hydrogens (tertiary/aromatic N) is 1. The lowest BCUT2D eigenvalue weighted by atomic mass is 9.88. The molecule has 0 N–H and O–H groups in total. The van der Waals surface area contributed by atoms with Crippen molar-refractivity contribution < 1.29 is 9.53 Å². The maximum absolute atomic E-state index is 10.8. The van der Waals surface area contributed by atoms with Crippen LogP contribution in [0.2, 0.25) is 0 Å². The smallest absolute Gasteiger partial charge is 0.150 e. The zero-order valence-corrected chi connectivity index (χ0v) is 9.85. The predicted molar refractivity (Wildman–Crippen MR) is 66.3 cm³/mol. The summed E-state index contributed by atoms with van der Waals surface area (Å²) in [7, 11) is 0. The van der Waals surface area contributed by atoms with Crippen LogP contribution in [0.25, 0.3) is 10.9 Å². The summed E-state index contributed by atoms with van der Waals surface area (Å²) in [6.45, 7) is 4.81. The summed E-state index contributed by atoms with van der Waals surface area (Å²) < 4.78 is 7.49. The molecule has 0 bridgehead atoms. The zero-order chi connectivity index (χ0) is 11.9. The van der Waals surface area contributed by atoms with Gasteiger partial charge >= 0.3 is 0 Å². The first-order chi connectivity index (χ1) is 8.20. The van der Waals surface area contributed by atoms with E-state index < -0.39 is 0 Å². The molecule has 88 valence electrons. The molecular formula is C14H15NO2. The molecule has 3 heteroatoms. The second kappa shape index (κ2) is 3.70. The van der Waals surface area contributed by atoms with Crippen LogP contribution in [0, 0.1) is 5.41 Å². The molecule has 0 aliphatic carbocycles. The van der Waals surface area contributed by atoms with E-state index in [-0.39, 0.29) is 5.41 Å². The number of carbonyl (C=O) groups is 1. The van der Waals surface area contributed by atoms with E-state index in [0.29, 0.717) is 0 Å². The largest absolute Gasteiger partial charge is 0.380 e. The highest BCUT2D eigenvalue weighted by Crippen LogP contribution is 2.30. The molecular weight excluding hydrogens is 214 g/mol. The van der Waals surface area contributed by atoms with Crippen LogP contribution in [0.1, 0.15) is 17.3 Å². The van der Waals surface area contributed by atoms with Gasteiger partial charge in [-0.15, -0.1) is 0 Å².